The second-order valence-electron chi connectivity index (χ2n) is 2.90. The third-order valence-corrected chi connectivity index (χ3v) is 1.86. The Hall–Kier alpha value is -0.385. The van der Waals surface area contributed by atoms with E-state index < -0.39 is 7.25 Å². The zero-order valence-corrected chi connectivity index (χ0v) is 7.86. The van der Waals surface area contributed by atoms with Gasteiger partial charge in [-0.25, -0.2) is 0 Å². The number of ether oxygens (including phenoxy) is 1. The average molecular weight is 200 g/mol. The third kappa shape index (κ3) is 6.75. The average Bonchev–Trinajstić information content (AvgIpc) is 2.42. The van der Waals surface area contributed by atoms with Gasteiger partial charge in [0.15, 0.2) is 5.92 Å². The molecule has 1 aliphatic carbocycles. The van der Waals surface area contributed by atoms with E-state index in [1.807, 2.05) is 6.92 Å². The van der Waals surface area contributed by atoms with Crippen molar-refractivity contribution in [2.75, 3.05) is 6.61 Å². The van der Waals surface area contributed by atoms with Crippen molar-refractivity contribution in [1.29, 1.82) is 0 Å². The zero-order chi connectivity index (χ0) is 10.6. The molecule has 2 unspecified atom stereocenters. The van der Waals surface area contributed by atoms with Crippen LogP contribution in [-0.4, -0.2) is 20.0 Å². The molecule has 78 valence electrons. The summed E-state index contributed by atoms with van der Waals surface area (Å²) in [5.41, 5.74) is 0. The zero-order valence-electron chi connectivity index (χ0n) is 7.86. The van der Waals surface area contributed by atoms with Gasteiger partial charge >= 0.3 is 7.25 Å². The van der Waals surface area contributed by atoms with Crippen LogP contribution in [0.1, 0.15) is 20.8 Å². The summed E-state index contributed by atoms with van der Waals surface area (Å²) in [5, 5.41) is 0. The van der Waals surface area contributed by atoms with E-state index in [1.54, 1.807) is 0 Å². The Kier molecular flexibility index (Phi) is 4.60. The summed E-state index contributed by atoms with van der Waals surface area (Å²) < 4.78 is 44.3. The Morgan fingerprint density at radius 1 is 1.31 bits per heavy atom. The fraction of sp³-hybridized carbons (Fsp3) is 0.857. The number of hydrogen-bond donors (Lipinski definition) is 0. The summed E-state index contributed by atoms with van der Waals surface area (Å²) in [6.07, 6.45) is 0.500. The molecule has 0 aromatic heterocycles. The van der Waals surface area contributed by atoms with Crippen molar-refractivity contribution in [2.45, 2.75) is 26.9 Å². The smallest absolute Gasteiger partial charge is 0.418 e. The second-order valence-corrected chi connectivity index (χ2v) is 2.90. The molecule has 1 fully saturated rings. The molecular formula is C7H13BF4O. The lowest BCUT2D eigenvalue weighted by Gasteiger charge is -1.94. The van der Waals surface area contributed by atoms with E-state index in [0.29, 0.717) is 6.10 Å². The first-order valence-corrected chi connectivity index (χ1v) is 4.09. The van der Waals surface area contributed by atoms with Crippen LogP contribution in [0.15, 0.2) is 0 Å². The van der Waals surface area contributed by atoms with Crippen molar-refractivity contribution in [3.8, 4) is 0 Å². The molecule has 0 amide bonds. The van der Waals surface area contributed by atoms with Gasteiger partial charge in [0.1, 0.15) is 5.92 Å². The molecule has 1 aliphatic rings. The van der Waals surface area contributed by atoms with E-state index >= 15 is 0 Å². The van der Waals surface area contributed by atoms with Gasteiger partial charge in [-0.2, -0.15) is 0 Å². The molecule has 0 heterocycles. The van der Waals surface area contributed by atoms with Gasteiger partial charge in [0.25, 0.3) is 0 Å². The highest BCUT2D eigenvalue weighted by atomic mass is 19.5. The Bertz CT molecular complexity index is 136. The standard InChI is InChI=1S/C7H13O.BF4/c1-4-8-7-5(2)6(7)3;2-1(3,4)5/h5,7H,4H2,1-3H3;/q+1;-1. The Labute approximate surface area is 75.6 Å². The molecular weight excluding hydrogens is 187 g/mol. The normalized spacial score (nSPS) is 26.5. The molecule has 0 aromatic carbocycles. The topological polar surface area (TPSA) is 9.23 Å². The summed E-state index contributed by atoms with van der Waals surface area (Å²) in [6.45, 7) is 7.26. The maximum Gasteiger partial charge on any atom is 0.673 e. The highest BCUT2D eigenvalue weighted by Gasteiger charge is 2.58. The first-order chi connectivity index (χ1) is 5.77. The monoisotopic (exact) mass is 200 g/mol. The molecule has 1 rings (SSSR count). The molecule has 0 radical (unpaired) electrons. The lowest BCUT2D eigenvalue weighted by molar-refractivity contribution is 0.126. The van der Waals surface area contributed by atoms with Crippen molar-refractivity contribution in [3.05, 3.63) is 5.92 Å². The molecule has 1 nitrogen and oxygen atoms in total. The van der Waals surface area contributed by atoms with Crippen molar-refractivity contribution >= 4 is 7.25 Å². The van der Waals surface area contributed by atoms with Crippen LogP contribution in [0.3, 0.4) is 0 Å². The number of hydrogen-bond acceptors (Lipinski definition) is 1. The number of halogens is 4. The highest BCUT2D eigenvalue weighted by molar-refractivity contribution is 6.50. The van der Waals surface area contributed by atoms with Gasteiger partial charge in [-0.15, -0.1) is 0 Å². The van der Waals surface area contributed by atoms with Crippen LogP contribution in [0, 0.1) is 11.8 Å². The van der Waals surface area contributed by atoms with Crippen LogP contribution in [0.25, 0.3) is 0 Å². The molecule has 6 heteroatoms. The van der Waals surface area contributed by atoms with Crippen molar-refractivity contribution in [3.63, 3.8) is 0 Å². The van der Waals surface area contributed by atoms with Crippen LogP contribution in [-0.2, 0) is 4.74 Å². The quantitative estimate of drug-likeness (QED) is 0.378. The summed E-state index contributed by atoms with van der Waals surface area (Å²) >= 11 is 0. The van der Waals surface area contributed by atoms with Gasteiger partial charge in [0.05, 0.1) is 6.92 Å². The molecule has 13 heavy (non-hydrogen) atoms. The number of rotatable bonds is 2. The molecule has 0 spiro atoms. The largest absolute Gasteiger partial charge is 0.673 e. The maximum atomic E-state index is 9.75. The van der Waals surface area contributed by atoms with Gasteiger partial charge in [-0.3, -0.25) is 0 Å². The first-order valence-electron chi connectivity index (χ1n) is 4.09. The Morgan fingerprint density at radius 2 is 1.62 bits per heavy atom. The van der Waals surface area contributed by atoms with Crippen LogP contribution in [0.2, 0.25) is 0 Å². The summed E-state index contributed by atoms with van der Waals surface area (Å²) in [5.74, 6) is 2.24. The van der Waals surface area contributed by atoms with E-state index in [4.69, 9.17) is 4.74 Å². The predicted octanol–water partition coefficient (Wildman–Crippen LogP) is 2.94. The van der Waals surface area contributed by atoms with Crippen LogP contribution < -0.4 is 0 Å². The fourth-order valence-corrected chi connectivity index (χ4v) is 0.977. The van der Waals surface area contributed by atoms with E-state index in [0.717, 1.165) is 12.5 Å². The van der Waals surface area contributed by atoms with Crippen molar-refractivity contribution in [1.82, 2.24) is 0 Å². The van der Waals surface area contributed by atoms with E-state index in [9.17, 15) is 17.3 Å². The Balaban J connectivity index is 0.000000252. The van der Waals surface area contributed by atoms with Gasteiger partial charge in [0.2, 0.25) is 6.10 Å². The summed E-state index contributed by atoms with van der Waals surface area (Å²) in [6, 6.07) is 0. The minimum absolute atomic E-state index is 0.500. The van der Waals surface area contributed by atoms with Crippen molar-refractivity contribution in [2.24, 2.45) is 5.92 Å². The third-order valence-electron chi connectivity index (χ3n) is 1.86. The minimum Gasteiger partial charge on any atom is -0.418 e. The lowest BCUT2D eigenvalue weighted by Crippen LogP contribution is -2.02. The van der Waals surface area contributed by atoms with E-state index in [-0.39, 0.29) is 0 Å². The predicted molar refractivity (Wildman–Crippen MR) is 43.7 cm³/mol. The molecule has 1 saturated carbocycles. The van der Waals surface area contributed by atoms with Crippen LogP contribution >= 0.6 is 0 Å². The SMILES string of the molecule is CCOC1[C+](C)C1C.F[B-](F)(F)F. The Morgan fingerprint density at radius 3 is 1.69 bits per heavy atom. The van der Waals surface area contributed by atoms with Gasteiger partial charge in [-0.1, -0.05) is 0 Å². The summed E-state index contributed by atoms with van der Waals surface area (Å²) in [4.78, 5) is 0. The highest BCUT2D eigenvalue weighted by Crippen LogP contribution is 2.42. The van der Waals surface area contributed by atoms with E-state index in [2.05, 4.69) is 13.8 Å². The summed E-state index contributed by atoms with van der Waals surface area (Å²) in [7, 11) is -6.00. The molecule has 2 atom stereocenters. The molecule has 0 aliphatic heterocycles. The lowest BCUT2D eigenvalue weighted by atomic mass is 10.3. The van der Waals surface area contributed by atoms with Crippen molar-refractivity contribution < 1.29 is 22.0 Å². The van der Waals surface area contributed by atoms with Gasteiger partial charge in [0, 0.05) is 6.61 Å². The van der Waals surface area contributed by atoms with E-state index in [1.165, 1.54) is 5.92 Å². The van der Waals surface area contributed by atoms with Crippen LogP contribution in [0.4, 0.5) is 17.3 Å². The molecule has 0 saturated heterocycles. The van der Waals surface area contributed by atoms with Crippen LogP contribution in [0.5, 0.6) is 0 Å². The first kappa shape index (κ1) is 12.6. The minimum atomic E-state index is -6.00. The van der Waals surface area contributed by atoms with Gasteiger partial charge < -0.3 is 22.0 Å². The van der Waals surface area contributed by atoms with Gasteiger partial charge in [-0.05, 0) is 13.8 Å². The molecule has 0 bridgehead atoms. The second kappa shape index (κ2) is 4.74. The molecule has 0 aromatic rings. The maximum absolute atomic E-state index is 9.75. The fourth-order valence-electron chi connectivity index (χ4n) is 0.977. The molecule has 0 N–H and O–H groups in total.